The van der Waals surface area contributed by atoms with Gasteiger partial charge in [-0.15, -0.1) is 0 Å². The summed E-state index contributed by atoms with van der Waals surface area (Å²) in [5.74, 6) is 0.848. The third-order valence-corrected chi connectivity index (χ3v) is 2.99. The van der Waals surface area contributed by atoms with Gasteiger partial charge in [0.05, 0.1) is 5.60 Å². The first-order valence-electron chi connectivity index (χ1n) is 5.86. The summed E-state index contributed by atoms with van der Waals surface area (Å²) in [4.78, 5) is 0. The van der Waals surface area contributed by atoms with Crippen LogP contribution in [0.5, 0.6) is 0 Å². The zero-order chi connectivity index (χ0) is 9.73. The highest BCUT2D eigenvalue weighted by Crippen LogP contribution is 2.38. The van der Waals surface area contributed by atoms with Gasteiger partial charge in [-0.05, 0) is 25.7 Å². The standard InChI is InChI=1S/C12H24O/c1-3-4-5-6-9-12(2,13)10-11-7-8-11/h11,13H,3-10H2,1-2H3. The van der Waals surface area contributed by atoms with Crippen molar-refractivity contribution in [3.63, 3.8) is 0 Å². The fourth-order valence-corrected chi connectivity index (χ4v) is 1.98. The van der Waals surface area contributed by atoms with E-state index < -0.39 is 0 Å². The van der Waals surface area contributed by atoms with Crippen molar-refractivity contribution in [3.05, 3.63) is 0 Å². The van der Waals surface area contributed by atoms with E-state index in [9.17, 15) is 5.11 Å². The van der Waals surface area contributed by atoms with Crippen LogP contribution in [-0.2, 0) is 0 Å². The summed E-state index contributed by atoms with van der Waals surface area (Å²) in [5.41, 5.74) is -0.366. The maximum atomic E-state index is 10.0. The van der Waals surface area contributed by atoms with Crippen LogP contribution in [0.2, 0.25) is 0 Å². The summed E-state index contributed by atoms with van der Waals surface area (Å²) in [5, 5.41) is 10.0. The van der Waals surface area contributed by atoms with Gasteiger partial charge in [-0.2, -0.15) is 0 Å². The molecule has 0 heterocycles. The van der Waals surface area contributed by atoms with Crippen molar-refractivity contribution in [1.82, 2.24) is 0 Å². The highest BCUT2D eigenvalue weighted by molar-refractivity contribution is 4.83. The molecule has 0 saturated heterocycles. The predicted octanol–water partition coefficient (Wildman–Crippen LogP) is 3.51. The quantitative estimate of drug-likeness (QED) is 0.600. The summed E-state index contributed by atoms with van der Waals surface area (Å²) in [7, 11) is 0. The molecule has 1 aliphatic carbocycles. The molecule has 1 N–H and O–H groups in total. The van der Waals surface area contributed by atoms with Crippen molar-refractivity contribution in [3.8, 4) is 0 Å². The smallest absolute Gasteiger partial charge is 0.0622 e. The summed E-state index contributed by atoms with van der Waals surface area (Å²) in [6.07, 6.45) is 9.84. The first kappa shape index (κ1) is 11.0. The molecule has 0 aromatic carbocycles. The molecule has 1 nitrogen and oxygen atoms in total. The first-order chi connectivity index (χ1) is 6.14. The highest BCUT2D eigenvalue weighted by Gasteiger charge is 2.30. The average Bonchev–Trinajstić information content (AvgIpc) is 2.81. The van der Waals surface area contributed by atoms with Crippen LogP contribution >= 0.6 is 0 Å². The number of hydrogen-bond donors (Lipinski definition) is 1. The van der Waals surface area contributed by atoms with Crippen molar-refractivity contribution in [2.75, 3.05) is 0 Å². The topological polar surface area (TPSA) is 20.2 Å². The van der Waals surface area contributed by atoms with E-state index in [-0.39, 0.29) is 5.60 Å². The van der Waals surface area contributed by atoms with E-state index in [1.165, 1.54) is 38.5 Å². The van der Waals surface area contributed by atoms with Gasteiger partial charge in [0.15, 0.2) is 0 Å². The lowest BCUT2D eigenvalue weighted by Crippen LogP contribution is -2.24. The number of rotatable bonds is 7. The van der Waals surface area contributed by atoms with Crippen molar-refractivity contribution < 1.29 is 5.11 Å². The van der Waals surface area contributed by atoms with Gasteiger partial charge < -0.3 is 5.11 Å². The minimum absolute atomic E-state index is 0.366. The number of unbranched alkanes of at least 4 members (excludes halogenated alkanes) is 3. The molecule has 1 unspecified atom stereocenters. The van der Waals surface area contributed by atoms with Crippen LogP contribution < -0.4 is 0 Å². The highest BCUT2D eigenvalue weighted by atomic mass is 16.3. The second-order valence-corrected chi connectivity index (χ2v) is 4.96. The monoisotopic (exact) mass is 184 g/mol. The van der Waals surface area contributed by atoms with E-state index in [1.807, 2.05) is 6.92 Å². The van der Waals surface area contributed by atoms with Gasteiger partial charge in [0.1, 0.15) is 0 Å². The zero-order valence-electron chi connectivity index (χ0n) is 9.18. The Morgan fingerprint density at radius 2 is 1.92 bits per heavy atom. The molecule has 1 saturated carbocycles. The van der Waals surface area contributed by atoms with E-state index in [0.717, 1.165) is 18.8 Å². The van der Waals surface area contributed by atoms with Crippen molar-refractivity contribution >= 4 is 0 Å². The van der Waals surface area contributed by atoms with Crippen molar-refractivity contribution in [2.24, 2.45) is 5.92 Å². The minimum atomic E-state index is -0.366. The van der Waals surface area contributed by atoms with Gasteiger partial charge in [0.25, 0.3) is 0 Å². The maximum absolute atomic E-state index is 10.0. The summed E-state index contributed by atoms with van der Waals surface area (Å²) >= 11 is 0. The summed E-state index contributed by atoms with van der Waals surface area (Å²) in [6.45, 7) is 4.24. The lowest BCUT2D eigenvalue weighted by Gasteiger charge is -2.22. The second-order valence-electron chi connectivity index (χ2n) is 4.96. The fourth-order valence-electron chi connectivity index (χ4n) is 1.98. The Hall–Kier alpha value is -0.0400. The second kappa shape index (κ2) is 4.99. The minimum Gasteiger partial charge on any atom is -0.390 e. The molecule has 13 heavy (non-hydrogen) atoms. The lowest BCUT2D eigenvalue weighted by atomic mass is 9.92. The number of aliphatic hydroxyl groups is 1. The molecule has 0 aromatic heterocycles. The van der Waals surface area contributed by atoms with Crippen LogP contribution in [0.4, 0.5) is 0 Å². The van der Waals surface area contributed by atoms with Gasteiger partial charge in [-0.3, -0.25) is 0 Å². The molecule has 0 bridgehead atoms. The van der Waals surface area contributed by atoms with Crippen LogP contribution in [0.15, 0.2) is 0 Å². The summed E-state index contributed by atoms with van der Waals surface area (Å²) in [6, 6.07) is 0. The van der Waals surface area contributed by atoms with Crippen LogP contribution in [-0.4, -0.2) is 10.7 Å². The number of hydrogen-bond acceptors (Lipinski definition) is 1. The predicted molar refractivity (Wildman–Crippen MR) is 56.7 cm³/mol. The fraction of sp³-hybridized carbons (Fsp3) is 1.00. The van der Waals surface area contributed by atoms with Gasteiger partial charge in [-0.1, -0.05) is 45.4 Å². The molecule has 1 aliphatic rings. The molecule has 0 spiro atoms. The van der Waals surface area contributed by atoms with Crippen molar-refractivity contribution in [1.29, 1.82) is 0 Å². The molecule has 0 aliphatic heterocycles. The Labute approximate surface area is 82.5 Å². The molecule has 0 radical (unpaired) electrons. The molecular formula is C12H24O. The Morgan fingerprint density at radius 1 is 1.23 bits per heavy atom. The van der Waals surface area contributed by atoms with Crippen LogP contribution in [0.1, 0.15) is 65.2 Å². The third kappa shape index (κ3) is 5.30. The molecule has 78 valence electrons. The van der Waals surface area contributed by atoms with Crippen LogP contribution in [0.3, 0.4) is 0 Å². The Balaban J connectivity index is 2.02. The van der Waals surface area contributed by atoms with Gasteiger partial charge in [0.2, 0.25) is 0 Å². The molecule has 0 aromatic rings. The van der Waals surface area contributed by atoms with E-state index in [4.69, 9.17) is 0 Å². The van der Waals surface area contributed by atoms with E-state index in [0.29, 0.717) is 0 Å². The Kier molecular flexibility index (Phi) is 4.24. The normalized spacial score (nSPS) is 21.5. The van der Waals surface area contributed by atoms with E-state index in [2.05, 4.69) is 6.92 Å². The molecule has 1 heteroatoms. The van der Waals surface area contributed by atoms with E-state index >= 15 is 0 Å². The molecule has 0 amide bonds. The molecule has 1 atom stereocenters. The van der Waals surface area contributed by atoms with Crippen LogP contribution in [0.25, 0.3) is 0 Å². The molecular weight excluding hydrogens is 160 g/mol. The van der Waals surface area contributed by atoms with Gasteiger partial charge >= 0.3 is 0 Å². The summed E-state index contributed by atoms with van der Waals surface area (Å²) < 4.78 is 0. The first-order valence-corrected chi connectivity index (χ1v) is 5.86. The van der Waals surface area contributed by atoms with Crippen molar-refractivity contribution in [2.45, 2.75) is 70.8 Å². The zero-order valence-corrected chi connectivity index (χ0v) is 9.18. The third-order valence-electron chi connectivity index (χ3n) is 2.99. The van der Waals surface area contributed by atoms with E-state index in [1.54, 1.807) is 0 Å². The molecule has 1 rings (SSSR count). The van der Waals surface area contributed by atoms with Gasteiger partial charge in [-0.25, -0.2) is 0 Å². The lowest BCUT2D eigenvalue weighted by molar-refractivity contribution is 0.0338. The van der Waals surface area contributed by atoms with Crippen LogP contribution in [0, 0.1) is 5.92 Å². The molecule has 1 fully saturated rings. The Bertz CT molecular complexity index is 136. The maximum Gasteiger partial charge on any atom is 0.0622 e. The SMILES string of the molecule is CCCCCCC(C)(O)CC1CC1. The largest absolute Gasteiger partial charge is 0.390 e. The average molecular weight is 184 g/mol. The Morgan fingerprint density at radius 3 is 2.46 bits per heavy atom. The van der Waals surface area contributed by atoms with Gasteiger partial charge in [0, 0.05) is 0 Å².